The highest BCUT2D eigenvalue weighted by Gasteiger charge is 2.31. The smallest absolute Gasteiger partial charge is 0.324 e. The quantitative estimate of drug-likeness (QED) is 0.194. The van der Waals surface area contributed by atoms with Crippen LogP contribution in [0, 0.1) is 6.92 Å². The van der Waals surface area contributed by atoms with Crippen molar-refractivity contribution < 1.29 is 20.8 Å². The molecular formula is C31H32F3N7O. The number of amides is 1. The van der Waals surface area contributed by atoms with Crippen LogP contribution in [0.15, 0.2) is 85.7 Å². The van der Waals surface area contributed by atoms with Crippen molar-refractivity contribution in [3.05, 3.63) is 108 Å². The summed E-state index contributed by atoms with van der Waals surface area (Å²) in [5.41, 5.74) is 3.26. The molecule has 218 valence electrons. The van der Waals surface area contributed by atoms with Gasteiger partial charge >= 0.3 is 6.18 Å². The Hall–Kier alpha value is -5.06. The van der Waals surface area contributed by atoms with E-state index in [-0.39, 0.29) is 25.7 Å². The molecule has 1 unspecified atom stereocenters. The standard InChI is InChI=1S/C31H28F3N7O.2H2/c1-4-19(2)28-17-41(18-37-28)25-14-23(31(32,33)34)13-24(15-25)38-29(42)21-8-7-20(3)27(12-21)40-30-36-11-9-26(39-30)22-6-5-10-35-16-22;;/h5-19H,4H2,1-3H3,(H,38,42)(H,36,39,40);2*1H. The van der Waals surface area contributed by atoms with Gasteiger partial charge in [0.05, 0.1) is 23.3 Å². The molecule has 5 aromatic rings. The van der Waals surface area contributed by atoms with Crippen molar-refractivity contribution in [3.63, 3.8) is 0 Å². The molecule has 3 heterocycles. The van der Waals surface area contributed by atoms with E-state index in [1.807, 2.05) is 32.9 Å². The Morgan fingerprint density at radius 2 is 1.90 bits per heavy atom. The lowest BCUT2D eigenvalue weighted by atomic mass is 10.1. The number of carbonyl (C=O) groups excluding carboxylic acids is 1. The van der Waals surface area contributed by atoms with Crippen molar-refractivity contribution in [1.82, 2.24) is 24.5 Å². The number of aromatic nitrogens is 5. The second-order valence-electron chi connectivity index (χ2n) is 9.90. The summed E-state index contributed by atoms with van der Waals surface area (Å²) in [6.45, 7) is 5.87. The highest BCUT2D eigenvalue weighted by Crippen LogP contribution is 2.34. The first-order valence-electron chi connectivity index (χ1n) is 13.3. The maximum absolute atomic E-state index is 13.8. The summed E-state index contributed by atoms with van der Waals surface area (Å²) < 4.78 is 42.9. The third-order valence-corrected chi connectivity index (χ3v) is 6.88. The SMILES string of the molecule is CCC(C)c1cn(-c2cc(NC(=O)c3ccc(C)c(Nc4nccc(-c5cccnc5)n4)c3)cc(C(F)(F)F)c2)cn1.[HH].[HH]. The third kappa shape index (κ3) is 6.46. The number of aryl methyl sites for hydroxylation is 1. The first kappa shape index (κ1) is 28.5. The van der Waals surface area contributed by atoms with Gasteiger partial charge in [-0.3, -0.25) is 9.78 Å². The molecule has 0 saturated carbocycles. The number of nitrogens with zero attached hydrogens (tertiary/aromatic N) is 5. The predicted molar refractivity (Wildman–Crippen MR) is 159 cm³/mol. The summed E-state index contributed by atoms with van der Waals surface area (Å²) in [4.78, 5) is 30.5. The molecule has 0 saturated heterocycles. The van der Waals surface area contributed by atoms with Crippen LogP contribution < -0.4 is 10.6 Å². The molecule has 5 rings (SSSR count). The minimum atomic E-state index is -4.61. The van der Waals surface area contributed by atoms with E-state index in [1.54, 1.807) is 49.1 Å². The average Bonchev–Trinajstić information content (AvgIpc) is 3.48. The van der Waals surface area contributed by atoms with E-state index in [0.29, 0.717) is 17.3 Å². The zero-order chi connectivity index (χ0) is 29.9. The number of alkyl halides is 3. The van der Waals surface area contributed by atoms with Crippen LogP contribution in [0.2, 0.25) is 0 Å². The maximum atomic E-state index is 13.8. The summed E-state index contributed by atoms with van der Waals surface area (Å²) in [7, 11) is 0. The number of carbonyl (C=O) groups is 1. The summed E-state index contributed by atoms with van der Waals surface area (Å²) in [6.07, 6.45) is 4.40. The van der Waals surface area contributed by atoms with Gasteiger partial charge in [-0.2, -0.15) is 13.2 Å². The van der Waals surface area contributed by atoms with Gasteiger partial charge in [0.2, 0.25) is 5.95 Å². The molecule has 0 radical (unpaired) electrons. The monoisotopic (exact) mass is 575 g/mol. The molecule has 42 heavy (non-hydrogen) atoms. The van der Waals surface area contributed by atoms with Crippen LogP contribution in [-0.4, -0.2) is 30.4 Å². The molecule has 0 aliphatic carbocycles. The molecule has 0 fully saturated rings. The van der Waals surface area contributed by atoms with Gasteiger partial charge in [-0.25, -0.2) is 15.0 Å². The van der Waals surface area contributed by atoms with E-state index in [0.717, 1.165) is 35.4 Å². The zero-order valence-corrected chi connectivity index (χ0v) is 23.1. The van der Waals surface area contributed by atoms with Gasteiger partial charge in [-0.05, 0) is 73.4 Å². The number of hydrogen-bond donors (Lipinski definition) is 2. The Balaban J connectivity index is 0.00000264. The van der Waals surface area contributed by atoms with Gasteiger partial charge in [-0.1, -0.05) is 19.9 Å². The highest BCUT2D eigenvalue weighted by molar-refractivity contribution is 6.05. The number of imidazole rings is 1. The molecule has 2 N–H and O–H groups in total. The molecule has 1 amide bonds. The van der Waals surface area contributed by atoms with Gasteiger partial charge in [0.1, 0.15) is 0 Å². The fourth-order valence-electron chi connectivity index (χ4n) is 4.25. The summed E-state index contributed by atoms with van der Waals surface area (Å²) in [6, 6.07) is 13.8. The number of benzene rings is 2. The number of nitrogens with one attached hydrogen (secondary N) is 2. The third-order valence-electron chi connectivity index (χ3n) is 6.88. The molecular weight excluding hydrogens is 543 g/mol. The molecule has 0 aliphatic heterocycles. The molecule has 2 aromatic carbocycles. The predicted octanol–water partition coefficient (Wildman–Crippen LogP) is 8.05. The first-order chi connectivity index (χ1) is 20.1. The lowest BCUT2D eigenvalue weighted by Crippen LogP contribution is -2.14. The van der Waals surface area contributed by atoms with Crippen molar-refractivity contribution in [2.75, 3.05) is 10.6 Å². The Kier molecular flexibility index (Phi) is 8.01. The van der Waals surface area contributed by atoms with Gasteiger partial charge in [0.25, 0.3) is 5.91 Å². The van der Waals surface area contributed by atoms with Crippen LogP contribution in [0.1, 0.15) is 56.2 Å². The zero-order valence-electron chi connectivity index (χ0n) is 23.1. The minimum Gasteiger partial charge on any atom is -0.324 e. The highest BCUT2D eigenvalue weighted by atomic mass is 19.4. The summed E-state index contributed by atoms with van der Waals surface area (Å²) in [5.74, 6) is -0.0975. The molecule has 0 spiro atoms. The lowest BCUT2D eigenvalue weighted by molar-refractivity contribution is -0.137. The number of anilines is 3. The summed E-state index contributed by atoms with van der Waals surface area (Å²) in [5, 5.41) is 5.76. The van der Waals surface area contributed by atoms with Gasteiger partial charge < -0.3 is 15.2 Å². The van der Waals surface area contributed by atoms with E-state index in [4.69, 9.17) is 0 Å². The van der Waals surface area contributed by atoms with Crippen LogP contribution in [0.5, 0.6) is 0 Å². The van der Waals surface area contributed by atoms with E-state index >= 15 is 0 Å². The van der Waals surface area contributed by atoms with E-state index in [2.05, 4.69) is 30.6 Å². The minimum absolute atomic E-state index is 0. The van der Waals surface area contributed by atoms with Crippen LogP contribution in [0.3, 0.4) is 0 Å². The molecule has 0 aliphatic rings. The molecule has 1 atom stereocenters. The average molecular weight is 576 g/mol. The lowest BCUT2D eigenvalue weighted by Gasteiger charge is -2.15. The molecule has 0 bridgehead atoms. The second-order valence-corrected chi connectivity index (χ2v) is 9.90. The van der Waals surface area contributed by atoms with E-state index in [9.17, 15) is 18.0 Å². The van der Waals surface area contributed by atoms with Crippen LogP contribution >= 0.6 is 0 Å². The van der Waals surface area contributed by atoms with Crippen molar-refractivity contribution >= 4 is 23.2 Å². The number of rotatable bonds is 8. The fourth-order valence-corrected chi connectivity index (χ4v) is 4.25. The van der Waals surface area contributed by atoms with Crippen molar-refractivity contribution in [1.29, 1.82) is 0 Å². The van der Waals surface area contributed by atoms with Crippen LogP contribution in [0.4, 0.5) is 30.5 Å². The topological polar surface area (TPSA) is 97.6 Å². The van der Waals surface area contributed by atoms with Crippen molar-refractivity contribution in [2.45, 2.75) is 39.3 Å². The molecule has 11 heteroatoms. The van der Waals surface area contributed by atoms with Crippen LogP contribution in [-0.2, 0) is 6.18 Å². The number of pyridine rings is 1. The normalized spacial score (nSPS) is 12.1. The van der Waals surface area contributed by atoms with Gasteiger partial charge in [-0.15, -0.1) is 0 Å². The molecule has 8 nitrogen and oxygen atoms in total. The van der Waals surface area contributed by atoms with E-state index < -0.39 is 17.6 Å². The first-order valence-corrected chi connectivity index (χ1v) is 13.3. The Bertz CT molecular complexity index is 1730. The van der Waals surface area contributed by atoms with Gasteiger partial charge in [0, 0.05) is 55.8 Å². The molecule has 3 aromatic heterocycles. The number of halogens is 3. The Labute approximate surface area is 243 Å². The second kappa shape index (κ2) is 11.8. The Morgan fingerprint density at radius 3 is 2.64 bits per heavy atom. The van der Waals surface area contributed by atoms with Crippen molar-refractivity contribution in [2.24, 2.45) is 0 Å². The van der Waals surface area contributed by atoms with E-state index in [1.165, 1.54) is 17.0 Å². The summed E-state index contributed by atoms with van der Waals surface area (Å²) >= 11 is 0. The fraction of sp³-hybridized carbons (Fsp3) is 0.194. The van der Waals surface area contributed by atoms with Crippen LogP contribution in [0.25, 0.3) is 16.9 Å². The largest absolute Gasteiger partial charge is 0.416 e. The van der Waals surface area contributed by atoms with Gasteiger partial charge in [0.15, 0.2) is 0 Å². The maximum Gasteiger partial charge on any atom is 0.416 e. The van der Waals surface area contributed by atoms with Crippen molar-refractivity contribution in [3.8, 4) is 16.9 Å². The Morgan fingerprint density at radius 1 is 1.07 bits per heavy atom. The number of hydrogen-bond acceptors (Lipinski definition) is 6.